The Balaban J connectivity index is 0.00000169. The monoisotopic (exact) mass is 238 g/mol. The summed E-state index contributed by atoms with van der Waals surface area (Å²) in [4.78, 5) is 3.70. The molecule has 0 aromatic carbocycles. The first-order valence-electron chi connectivity index (χ1n) is 3.56. The van der Waals surface area contributed by atoms with Gasteiger partial charge in [0.25, 0.3) is 10.0 Å². The fourth-order valence-electron chi connectivity index (χ4n) is 0.801. The van der Waals surface area contributed by atoms with Gasteiger partial charge in [-0.05, 0) is 24.1 Å². The summed E-state index contributed by atoms with van der Waals surface area (Å²) in [6, 6.07) is 2.98. The maximum absolute atomic E-state index is 10.8. The molecule has 0 fully saturated rings. The van der Waals surface area contributed by atoms with Crippen molar-refractivity contribution >= 4 is 67.0 Å². The van der Waals surface area contributed by atoms with E-state index >= 15 is 0 Å². The van der Waals surface area contributed by atoms with E-state index in [9.17, 15) is 8.42 Å². The molecular weight excluding hydrogens is 227 g/mol. The third-order valence-corrected chi connectivity index (χ3v) is 2.35. The zero-order valence-corrected chi connectivity index (χ0v) is 8.00. The number of nitrogens with zero attached hydrogens (tertiary/aromatic N) is 1. The molecule has 4 nitrogen and oxygen atoms in total. The van der Waals surface area contributed by atoms with Crippen molar-refractivity contribution in [1.29, 1.82) is 0 Å². The summed E-state index contributed by atoms with van der Waals surface area (Å²) >= 11 is 0. The van der Waals surface area contributed by atoms with Crippen molar-refractivity contribution in [3.05, 3.63) is 30.5 Å². The molecule has 1 aromatic rings. The van der Waals surface area contributed by atoms with E-state index in [1.165, 1.54) is 12.3 Å². The molecule has 0 unspecified atom stereocenters. The molecule has 0 aliphatic rings. The number of aromatic nitrogens is 1. The molecule has 0 bridgehead atoms. The van der Waals surface area contributed by atoms with Crippen LogP contribution in [0.5, 0.6) is 0 Å². The van der Waals surface area contributed by atoms with Gasteiger partial charge in [-0.2, -0.15) is 0 Å². The predicted molar refractivity (Wildman–Crippen MR) is 57.5 cm³/mol. The van der Waals surface area contributed by atoms with E-state index in [2.05, 4.69) is 11.6 Å². The molecule has 2 N–H and O–H groups in total. The second-order valence-electron chi connectivity index (χ2n) is 2.71. The molecule has 0 saturated heterocycles. The van der Waals surface area contributed by atoms with Crippen molar-refractivity contribution in [2.24, 2.45) is 5.14 Å². The average Bonchev–Trinajstić information content (AvgIpc) is 2.03. The summed E-state index contributed by atoms with van der Waals surface area (Å²) in [5.74, 6) is 0. The number of allylic oxidation sites excluding steroid dienone is 1. The topological polar surface area (TPSA) is 73.1 Å². The van der Waals surface area contributed by atoms with E-state index in [1.807, 2.05) is 6.92 Å². The molecule has 6 heteroatoms. The number of hydrogen-bond donors (Lipinski definition) is 1. The van der Waals surface area contributed by atoms with E-state index < -0.39 is 10.0 Å². The van der Waals surface area contributed by atoms with Gasteiger partial charge in [-0.15, -0.1) is 0 Å². The molecule has 0 aliphatic carbocycles. The molecule has 1 aromatic heterocycles. The van der Waals surface area contributed by atoms with Gasteiger partial charge < -0.3 is 0 Å². The van der Waals surface area contributed by atoms with Crippen LogP contribution in [0.3, 0.4) is 0 Å². The normalized spacial score (nSPS) is 10.4. The van der Waals surface area contributed by atoms with E-state index in [0.29, 0.717) is 0 Å². The van der Waals surface area contributed by atoms with Crippen LogP contribution in [0.25, 0.3) is 5.57 Å². The Labute approximate surface area is 126 Å². The van der Waals surface area contributed by atoms with Crippen molar-refractivity contribution in [1.82, 2.24) is 4.98 Å². The molecule has 0 aliphatic heterocycles. The summed E-state index contributed by atoms with van der Waals surface area (Å²) in [6.07, 6.45) is 1.43. The number of rotatable bonds is 2. The van der Waals surface area contributed by atoms with Crippen LogP contribution in [0, 0.1) is 0 Å². The van der Waals surface area contributed by atoms with Crippen LogP contribution in [0.2, 0.25) is 0 Å². The van der Waals surface area contributed by atoms with Gasteiger partial charge in [0.15, 0.2) is 5.03 Å². The quantitative estimate of drug-likeness (QED) is 0.743. The molecule has 72 valence electrons. The van der Waals surface area contributed by atoms with Crippen LogP contribution in [0.15, 0.2) is 29.9 Å². The standard InChI is InChI=1S/C8H10N2O2S.K.H/c1-6(2)7-3-4-8(10-5-7)13(9,11)12;;/h3-5H,1H2,2H3,(H2,9,11,12);;. The molecule has 0 spiro atoms. The van der Waals surface area contributed by atoms with Crippen LogP contribution in [0.4, 0.5) is 0 Å². The van der Waals surface area contributed by atoms with Crippen LogP contribution >= 0.6 is 0 Å². The number of pyridine rings is 1. The summed E-state index contributed by atoms with van der Waals surface area (Å²) in [7, 11) is -3.69. The molecule has 0 amide bonds. The van der Waals surface area contributed by atoms with Gasteiger partial charge in [0.1, 0.15) is 0 Å². The molecule has 0 radical (unpaired) electrons. The van der Waals surface area contributed by atoms with E-state index in [4.69, 9.17) is 5.14 Å². The Morgan fingerprint density at radius 1 is 1.50 bits per heavy atom. The van der Waals surface area contributed by atoms with Crippen molar-refractivity contribution in [2.45, 2.75) is 11.9 Å². The van der Waals surface area contributed by atoms with Gasteiger partial charge in [0.2, 0.25) is 0 Å². The minimum absolute atomic E-state index is 0. The zero-order valence-electron chi connectivity index (χ0n) is 7.19. The van der Waals surface area contributed by atoms with Gasteiger partial charge >= 0.3 is 51.4 Å². The third-order valence-electron chi connectivity index (χ3n) is 1.52. The van der Waals surface area contributed by atoms with E-state index in [0.717, 1.165) is 11.1 Å². The average molecular weight is 238 g/mol. The molecule has 0 saturated carbocycles. The van der Waals surface area contributed by atoms with Gasteiger partial charge in [-0.1, -0.05) is 12.6 Å². The van der Waals surface area contributed by atoms with Crippen molar-refractivity contribution < 1.29 is 8.42 Å². The first-order valence-corrected chi connectivity index (χ1v) is 5.10. The number of primary sulfonamides is 1. The van der Waals surface area contributed by atoms with Gasteiger partial charge in [-0.3, -0.25) is 0 Å². The predicted octanol–water partition coefficient (Wildman–Crippen LogP) is 0.114. The first-order chi connectivity index (χ1) is 5.91. The number of hydrogen-bond acceptors (Lipinski definition) is 3. The Bertz CT molecular complexity index is 425. The Morgan fingerprint density at radius 3 is 2.36 bits per heavy atom. The Hall–Kier alpha value is 0.436. The third kappa shape index (κ3) is 3.89. The fourth-order valence-corrected chi connectivity index (χ4v) is 1.26. The van der Waals surface area contributed by atoms with E-state index in [1.54, 1.807) is 6.07 Å². The Morgan fingerprint density at radius 2 is 2.07 bits per heavy atom. The van der Waals surface area contributed by atoms with Gasteiger partial charge in [-0.25, -0.2) is 18.5 Å². The minimum atomic E-state index is -3.69. The molecule has 14 heavy (non-hydrogen) atoms. The zero-order chi connectivity index (χ0) is 10.1. The van der Waals surface area contributed by atoms with Crippen molar-refractivity contribution in [3.63, 3.8) is 0 Å². The Kier molecular flexibility index (Phi) is 5.67. The molecule has 1 rings (SSSR count). The summed E-state index contributed by atoms with van der Waals surface area (Å²) < 4.78 is 21.6. The summed E-state index contributed by atoms with van der Waals surface area (Å²) in [6.45, 7) is 5.51. The van der Waals surface area contributed by atoms with E-state index in [-0.39, 0.29) is 56.4 Å². The SMILES string of the molecule is C=C(C)c1ccc(S(N)(=O)=O)nc1.[KH]. The molecule has 0 atom stereocenters. The summed E-state index contributed by atoms with van der Waals surface area (Å²) in [5, 5.41) is 4.74. The first kappa shape index (κ1) is 14.4. The van der Waals surface area contributed by atoms with Crippen molar-refractivity contribution in [3.8, 4) is 0 Å². The van der Waals surface area contributed by atoms with Crippen LogP contribution < -0.4 is 5.14 Å². The molecule has 1 heterocycles. The van der Waals surface area contributed by atoms with Gasteiger partial charge in [0.05, 0.1) is 0 Å². The second-order valence-corrected chi connectivity index (χ2v) is 4.22. The second kappa shape index (κ2) is 5.50. The van der Waals surface area contributed by atoms with Crippen LogP contribution in [0.1, 0.15) is 12.5 Å². The number of sulfonamides is 1. The van der Waals surface area contributed by atoms with Crippen molar-refractivity contribution in [2.75, 3.05) is 0 Å². The van der Waals surface area contributed by atoms with Crippen LogP contribution in [-0.4, -0.2) is 64.8 Å². The molecular formula is C8H11KN2O2S. The maximum atomic E-state index is 10.8. The van der Waals surface area contributed by atoms with Crippen LogP contribution in [-0.2, 0) is 10.0 Å². The fraction of sp³-hybridized carbons (Fsp3) is 0.125. The summed E-state index contributed by atoms with van der Waals surface area (Å²) in [5.41, 5.74) is 1.63. The number of nitrogens with two attached hydrogens (primary N) is 1. The van der Waals surface area contributed by atoms with Gasteiger partial charge in [0, 0.05) is 6.20 Å².